The molecule has 0 spiro atoms. The van der Waals surface area contributed by atoms with Gasteiger partial charge in [-0.1, -0.05) is 36.4 Å². The van der Waals surface area contributed by atoms with Crippen LogP contribution >= 0.6 is 0 Å². The minimum atomic E-state index is -0.483. The van der Waals surface area contributed by atoms with Crippen molar-refractivity contribution in [1.82, 2.24) is 19.4 Å². The van der Waals surface area contributed by atoms with Crippen molar-refractivity contribution in [3.05, 3.63) is 89.6 Å². The topological polar surface area (TPSA) is 107 Å². The van der Waals surface area contributed by atoms with Crippen LogP contribution in [0.1, 0.15) is 27.6 Å². The van der Waals surface area contributed by atoms with Crippen LogP contribution in [-0.2, 0) is 11.8 Å². The van der Waals surface area contributed by atoms with Gasteiger partial charge >= 0.3 is 0 Å². The molecule has 0 bridgehead atoms. The Morgan fingerprint density at radius 2 is 2.03 bits per heavy atom. The fraction of sp³-hybridized carbons (Fsp3) is 0.207. The molecule has 2 atom stereocenters. The molecule has 1 aliphatic heterocycles. The van der Waals surface area contributed by atoms with Crippen LogP contribution in [0.2, 0.25) is 0 Å². The molecule has 1 saturated heterocycles. The third-order valence-corrected chi connectivity index (χ3v) is 7.13. The number of carbonyl (C=O) groups excluding carboxylic acids is 1. The molecule has 6 rings (SSSR count). The number of nitrogens with zero attached hydrogens (tertiary/aromatic N) is 4. The van der Waals surface area contributed by atoms with Gasteiger partial charge in [0.1, 0.15) is 11.9 Å². The Bertz CT molecular complexity index is 1660. The van der Waals surface area contributed by atoms with Gasteiger partial charge < -0.3 is 24.3 Å². The van der Waals surface area contributed by atoms with Crippen LogP contribution < -0.4 is 0 Å². The number of nitrogens with one attached hydrogen (secondary N) is 1. The number of aryl methyl sites for hydroxylation is 1. The monoisotopic (exact) mass is 491 g/mol. The summed E-state index contributed by atoms with van der Waals surface area (Å²) in [5, 5.41) is 20.4. The normalized spacial score (nSPS) is 17.8. The number of aliphatic hydroxyl groups excluding tert-OH is 1. The summed E-state index contributed by atoms with van der Waals surface area (Å²) in [7, 11) is 1.95. The Morgan fingerprint density at radius 1 is 1.19 bits per heavy atom. The molecule has 1 aliphatic rings. The number of hydrogen-bond acceptors (Lipinski definition) is 5. The molecule has 3 heterocycles. The number of nitriles is 1. The Kier molecular flexibility index (Phi) is 5.72. The first-order valence-electron chi connectivity index (χ1n) is 12.2. The van der Waals surface area contributed by atoms with Crippen molar-refractivity contribution in [3.63, 3.8) is 0 Å². The molecule has 2 N–H and O–H groups in total. The lowest BCUT2D eigenvalue weighted by atomic mass is 9.99. The highest BCUT2D eigenvalue weighted by Gasteiger charge is 2.36. The number of morpholine rings is 1. The first-order valence-corrected chi connectivity index (χ1v) is 12.2. The van der Waals surface area contributed by atoms with Crippen molar-refractivity contribution < 1.29 is 14.6 Å². The molecule has 37 heavy (non-hydrogen) atoms. The molecule has 2 aromatic heterocycles. The van der Waals surface area contributed by atoms with Crippen LogP contribution in [0, 0.1) is 11.3 Å². The number of ether oxygens (including phenoxy) is 1. The van der Waals surface area contributed by atoms with Gasteiger partial charge in [0, 0.05) is 41.8 Å². The Morgan fingerprint density at radius 3 is 2.81 bits per heavy atom. The minimum Gasteiger partial charge on any atom is -0.394 e. The molecule has 1 fully saturated rings. The number of aromatic amines is 1. The van der Waals surface area contributed by atoms with E-state index in [-0.39, 0.29) is 12.5 Å². The highest BCUT2D eigenvalue weighted by atomic mass is 16.5. The summed E-state index contributed by atoms with van der Waals surface area (Å²) in [4.78, 5) is 23.4. The van der Waals surface area contributed by atoms with Crippen molar-refractivity contribution >= 4 is 27.8 Å². The van der Waals surface area contributed by atoms with E-state index in [1.807, 2.05) is 78.5 Å². The Labute approximate surface area is 213 Å². The fourth-order valence-corrected chi connectivity index (χ4v) is 5.25. The van der Waals surface area contributed by atoms with E-state index in [0.29, 0.717) is 29.8 Å². The minimum absolute atomic E-state index is 0.159. The SMILES string of the molecule is Cn1c(-c2c[nH]c3cc(C#N)ccc23)nc2cc(C(=O)N3CCOC(c4ccccc4)C3CO)ccc21. The van der Waals surface area contributed by atoms with Crippen LogP contribution in [-0.4, -0.2) is 56.2 Å². The summed E-state index contributed by atoms with van der Waals surface area (Å²) >= 11 is 0. The third-order valence-electron chi connectivity index (χ3n) is 7.13. The lowest BCUT2D eigenvalue weighted by Crippen LogP contribution is -2.51. The number of H-pyrrole nitrogens is 1. The average molecular weight is 492 g/mol. The van der Waals surface area contributed by atoms with Gasteiger partial charge in [-0.2, -0.15) is 5.26 Å². The largest absolute Gasteiger partial charge is 0.394 e. The molecule has 2 unspecified atom stereocenters. The maximum absolute atomic E-state index is 13.6. The molecule has 0 saturated carbocycles. The van der Waals surface area contributed by atoms with Crippen LogP contribution in [0.25, 0.3) is 33.3 Å². The maximum atomic E-state index is 13.6. The predicted molar refractivity (Wildman–Crippen MR) is 140 cm³/mol. The zero-order chi connectivity index (χ0) is 25.5. The smallest absolute Gasteiger partial charge is 0.254 e. The number of benzene rings is 3. The van der Waals surface area contributed by atoms with Crippen LogP contribution in [0.5, 0.6) is 0 Å². The van der Waals surface area contributed by atoms with Crippen molar-refractivity contribution in [1.29, 1.82) is 5.26 Å². The van der Waals surface area contributed by atoms with Crippen LogP contribution in [0.3, 0.4) is 0 Å². The second-order valence-electron chi connectivity index (χ2n) is 9.22. The lowest BCUT2D eigenvalue weighted by molar-refractivity contribution is -0.0752. The van der Waals surface area contributed by atoms with Gasteiger partial charge in [-0.3, -0.25) is 4.79 Å². The van der Waals surface area contributed by atoms with E-state index in [1.54, 1.807) is 11.0 Å². The van der Waals surface area contributed by atoms with Crippen LogP contribution in [0.4, 0.5) is 0 Å². The second-order valence-corrected chi connectivity index (χ2v) is 9.22. The van der Waals surface area contributed by atoms with E-state index < -0.39 is 12.1 Å². The fourth-order valence-electron chi connectivity index (χ4n) is 5.25. The van der Waals surface area contributed by atoms with E-state index in [4.69, 9.17) is 9.72 Å². The Hall–Kier alpha value is -4.45. The van der Waals surface area contributed by atoms with Gasteiger partial charge in [0.25, 0.3) is 5.91 Å². The summed E-state index contributed by atoms with van der Waals surface area (Å²) in [6.07, 6.45) is 1.50. The molecule has 1 amide bonds. The number of hydrogen-bond donors (Lipinski definition) is 2. The number of carbonyl (C=O) groups is 1. The molecule has 184 valence electrons. The highest BCUT2D eigenvalue weighted by Crippen LogP contribution is 2.32. The summed E-state index contributed by atoms with van der Waals surface area (Å²) < 4.78 is 7.97. The highest BCUT2D eigenvalue weighted by molar-refractivity contribution is 6.00. The van der Waals surface area contributed by atoms with Gasteiger partial charge in [0.2, 0.25) is 0 Å². The molecule has 8 heteroatoms. The summed E-state index contributed by atoms with van der Waals surface area (Å²) in [6, 6.07) is 22.4. The van der Waals surface area contributed by atoms with Gasteiger partial charge in [0.15, 0.2) is 0 Å². The number of aliphatic hydroxyl groups is 1. The second kappa shape index (κ2) is 9.21. The van der Waals surface area contributed by atoms with E-state index in [9.17, 15) is 15.2 Å². The van der Waals surface area contributed by atoms with Gasteiger partial charge in [-0.15, -0.1) is 0 Å². The van der Waals surface area contributed by atoms with E-state index >= 15 is 0 Å². The van der Waals surface area contributed by atoms with Crippen molar-refractivity contribution in [2.24, 2.45) is 7.05 Å². The van der Waals surface area contributed by atoms with E-state index in [2.05, 4.69) is 11.1 Å². The van der Waals surface area contributed by atoms with Crippen molar-refractivity contribution in [3.8, 4) is 17.5 Å². The van der Waals surface area contributed by atoms with Gasteiger partial charge in [-0.05, 0) is 35.9 Å². The molecular weight excluding hydrogens is 466 g/mol. The molecular formula is C29H25N5O3. The van der Waals surface area contributed by atoms with Crippen LogP contribution in [0.15, 0.2) is 72.9 Å². The molecule has 3 aromatic carbocycles. The number of fused-ring (bicyclic) bond motifs is 2. The first-order chi connectivity index (χ1) is 18.1. The summed E-state index contributed by atoms with van der Waals surface area (Å²) in [6.45, 7) is 0.597. The standard InChI is InChI=1S/C29H25N5O3/c1-33-25-10-8-20(29(36)34-11-12-37-27(26(34)17-35)19-5-3-2-4-6-19)14-24(25)32-28(33)22-16-31-23-13-18(15-30)7-9-21(22)23/h2-10,13-14,16,26-27,31,35H,11-12,17H2,1H3. The average Bonchev–Trinajstić information content (AvgIpc) is 3.52. The number of rotatable bonds is 4. The van der Waals surface area contributed by atoms with Crippen molar-refractivity contribution in [2.45, 2.75) is 12.1 Å². The number of amides is 1. The van der Waals surface area contributed by atoms with Crippen molar-refractivity contribution in [2.75, 3.05) is 19.8 Å². The maximum Gasteiger partial charge on any atom is 0.254 e. The summed E-state index contributed by atoms with van der Waals surface area (Å²) in [5.74, 6) is 0.604. The molecule has 0 radical (unpaired) electrons. The molecule has 0 aliphatic carbocycles. The predicted octanol–water partition coefficient (Wildman–Crippen LogP) is 4.17. The van der Waals surface area contributed by atoms with Gasteiger partial charge in [-0.25, -0.2) is 4.98 Å². The zero-order valence-corrected chi connectivity index (χ0v) is 20.3. The van der Waals surface area contributed by atoms with E-state index in [0.717, 1.165) is 33.4 Å². The number of aromatic nitrogens is 3. The third kappa shape index (κ3) is 3.85. The molecule has 5 aromatic rings. The first kappa shape index (κ1) is 23.0. The zero-order valence-electron chi connectivity index (χ0n) is 20.3. The Balaban J connectivity index is 1.35. The molecule has 8 nitrogen and oxygen atoms in total. The lowest BCUT2D eigenvalue weighted by Gasteiger charge is -2.40. The summed E-state index contributed by atoms with van der Waals surface area (Å²) in [5.41, 5.74) is 5.44. The number of imidazole rings is 1. The van der Waals surface area contributed by atoms with E-state index in [1.165, 1.54) is 0 Å². The quantitative estimate of drug-likeness (QED) is 0.392. The van der Waals surface area contributed by atoms with Gasteiger partial charge in [0.05, 0.1) is 41.9 Å².